The Bertz CT molecular complexity index is 360. The molecule has 0 rings (SSSR count). The molecule has 20 heavy (non-hydrogen) atoms. The molecule has 2 unspecified atom stereocenters. The predicted molar refractivity (Wildman–Crippen MR) is 66.8 cm³/mol. The number of ether oxygens (including phenoxy) is 2. The second kappa shape index (κ2) is 10.3. The summed E-state index contributed by atoms with van der Waals surface area (Å²) >= 11 is 0. The quantitative estimate of drug-likeness (QED) is 0.530. The Balaban J connectivity index is 0. The van der Waals surface area contributed by atoms with E-state index in [1.165, 1.54) is 13.8 Å². The van der Waals surface area contributed by atoms with E-state index in [4.69, 9.17) is 10.2 Å². The molecule has 0 aromatic heterocycles. The Morgan fingerprint density at radius 1 is 0.850 bits per heavy atom. The molecular formula is C12H16O8. The molecule has 0 amide bonds. The minimum absolute atomic E-state index is 0.727. The first-order valence-electron chi connectivity index (χ1n) is 5.27. The number of hydrogen-bond acceptors (Lipinski definition) is 6. The van der Waals surface area contributed by atoms with Crippen molar-refractivity contribution in [3.05, 3.63) is 25.3 Å². The fraction of sp³-hybridized carbons (Fsp3) is 0.333. The van der Waals surface area contributed by atoms with Gasteiger partial charge in [-0.05, 0) is 13.8 Å². The second-order valence-electron chi connectivity index (χ2n) is 3.24. The molecule has 0 heterocycles. The van der Waals surface area contributed by atoms with E-state index >= 15 is 0 Å². The van der Waals surface area contributed by atoms with Crippen molar-refractivity contribution in [2.24, 2.45) is 0 Å². The number of carboxylic acids is 2. The summed E-state index contributed by atoms with van der Waals surface area (Å²) in [7, 11) is 0. The van der Waals surface area contributed by atoms with Crippen LogP contribution in [0.4, 0.5) is 0 Å². The summed E-state index contributed by atoms with van der Waals surface area (Å²) in [6, 6.07) is 0. The highest BCUT2D eigenvalue weighted by atomic mass is 16.6. The van der Waals surface area contributed by atoms with E-state index in [1.54, 1.807) is 0 Å². The predicted octanol–water partition coefficient (Wildman–Crippen LogP) is 0.377. The third-order valence-corrected chi connectivity index (χ3v) is 1.61. The summed E-state index contributed by atoms with van der Waals surface area (Å²) in [5, 5.41) is 16.4. The van der Waals surface area contributed by atoms with Crippen molar-refractivity contribution in [3.8, 4) is 0 Å². The van der Waals surface area contributed by atoms with Crippen LogP contribution in [-0.2, 0) is 28.7 Å². The largest absolute Gasteiger partial charge is 0.479 e. The maximum Gasteiger partial charge on any atom is 0.344 e. The summed E-state index contributed by atoms with van der Waals surface area (Å²) < 4.78 is 8.61. The highest BCUT2D eigenvalue weighted by Gasteiger charge is 2.14. The summed E-state index contributed by atoms with van der Waals surface area (Å²) in [6.07, 6.45) is -0.380. The van der Waals surface area contributed by atoms with Gasteiger partial charge in [0.2, 0.25) is 0 Å². The number of esters is 2. The highest BCUT2D eigenvalue weighted by Crippen LogP contribution is 1.91. The van der Waals surface area contributed by atoms with Gasteiger partial charge in [0.25, 0.3) is 0 Å². The zero-order chi connectivity index (χ0) is 16.3. The average Bonchev–Trinajstić information content (AvgIpc) is 2.38. The van der Waals surface area contributed by atoms with E-state index in [9.17, 15) is 19.2 Å². The Labute approximate surface area is 115 Å². The van der Waals surface area contributed by atoms with Gasteiger partial charge in [-0.25, -0.2) is 19.2 Å². The molecule has 0 aliphatic carbocycles. The lowest BCUT2D eigenvalue weighted by molar-refractivity contribution is -0.159. The molecule has 8 heteroatoms. The van der Waals surface area contributed by atoms with Gasteiger partial charge in [0.05, 0.1) is 0 Å². The normalized spacial score (nSPS) is 11.7. The van der Waals surface area contributed by atoms with Crippen LogP contribution in [0.3, 0.4) is 0 Å². The highest BCUT2D eigenvalue weighted by molar-refractivity contribution is 5.84. The molecule has 0 spiro atoms. The molecule has 0 bridgehead atoms. The summed E-state index contributed by atoms with van der Waals surface area (Å²) in [4.78, 5) is 40.7. The van der Waals surface area contributed by atoms with E-state index < -0.39 is 36.1 Å². The lowest BCUT2D eigenvalue weighted by atomic mass is 10.4. The Morgan fingerprint density at radius 2 is 1.10 bits per heavy atom. The van der Waals surface area contributed by atoms with Gasteiger partial charge in [-0.3, -0.25) is 0 Å². The molecule has 2 N–H and O–H groups in total. The van der Waals surface area contributed by atoms with Crippen LogP contribution in [0, 0.1) is 0 Å². The molecule has 112 valence electrons. The monoisotopic (exact) mass is 288 g/mol. The Kier molecular flexibility index (Phi) is 10.1. The SMILES string of the molecule is C=CC(=O)OC(C)C(=O)O.C=CC(=O)OC(C)C(=O)O. The van der Waals surface area contributed by atoms with Crippen LogP contribution in [-0.4, -0.2) is 46.3 Å². The van der Waals surface area contributed by atoms with Crippen molar-refractivity contribution in [2.45, 2.75) is 26.1 Å². The first kappa shape index (κ1) is 19.7. The van der Waals surface area contributed by atoms with E-state index in [1.807, 2.05) is 0 Å². The lowest BCUT2D eigenvalue weighted by Gasteiger charge is -2.04. The minimum atomic E-state index is -1.17. The van der Waals surface area contributed by atoms with Crippen molar-refractivity contribution in [3.63, 3.8) is 0 Å². The zero-order valence-corrected chi connectivity index (χ0v) is 11.1. The van der Waals surface area contributed by atoms with Crippen LogP contribution in [0.15, 0.2) is 25.3 Å². The van der Waals surface area contributed by atoms with Gasteiger partial charge in [-0.1, -0.05) is 13.2 Å². The van der Waals surface area contributed by atoms with Crippen LogP contribution in [0.2, 0.25) is 0 Å². The zero-order valence-electron chi connectivity index (χ0n) is 11.1. The van der Waals surface area contributed by atoms with Crippen molar-refractivity contribution in [1.29, 1.82) is 0 Å². The van der Waals surface area contributed by atoms with Crippen molar-refractivity contribution >= 4 is 23.9 Å². The van der Waals surface area contributed by atoms with Gasteiger partial charge in [0.15, 0.2) is 12.2 Å². The van der Waals surface area contributed by atoms with E-state index in [-0.39, 0.29) is 0 Å². The molecule has 0 radical (unpaired) electrons. The van der Waals surface area contributed by atoms with Gasteiger partial charge in [0, 0.05) is 12.2 Å². The molecule has 0 fully saturated rings. The summed E-state index contributed by atoms with van der Waals surface area (Å²) in [5.41, 5.74) is 0. The molecule has 0 aromatic carbocycles. The van der Waals surface area contributed by atoms with E-state index in [0.717, 1.165) is 12.2 Å². The molecule has 2 atom stereocenters. The molecule has 8 nitrogen and oxygen atoms in total. The van der Waals surface area contributed by atoms with Crippen LogP contribution >= 0.6 is 0 Å². The van der Waals surface area contributed by atoms with Crippen LogP contribution in [0.1, 0.15) is 13.8 Å². The third-order valence-electron chi connectivity index (χ3n) is 1.61. The molecular weight excluding hydrogens is 272 g/mol. The Hall–Kier alpha value is -2.64. The number of carboxylic acid groups (broad SMARTS) is 2. The smallest absolute Gasteiger partial charge is 0.344 e. The van der Waals surface area contributed by atoms with Crippen LogP contribution in [0.5, 0.6) is 0 Å². The second-order valence-corrected chi connectivity index (χ2v) is 3.24. The molecule has 0 saturated carbocycles. The maximum atomic E-state index is 10.3. The first-order valence-corrected chi connectivity index (χ1v) is 5.27. The maximum absolute atomic E-state index is 10.3. The topological polar surface area (TPSA) is 127 Å². The number of carbonyl (C=O) groups is 4. The van der Waals surface area contributed by atoms with Gasteiger partial charge in [-0.15, -0.1) is 0 Å². The van der Waals surface area contributed by atoms with Gasteiger partial charge >= 0.3 is 23.9 Å². The van der Waals surface area contributed by atoms with Gasteiger partial charge < -0.3 is 19.7 Å². The van der Waals surface area contributed by atoms with Gasteiger partial charge in [0.1, 0.15) is 0 Å². The van der Waals surface area contributed by atoms with Crippen LogP contribution < -0.4 is 0 Å². The third kappa shape index (κ3) is 10.5. The van der Waals surface area contributed by atoms with Crippen molar-refractivity contribution < 1.29 is 38.9 Å². The minimum Gasteiger partial charge on any atom is -0.479 e. The molecule has 0 aliphatic heterocycles. The number of rotatable bonds is 6. The van der Waals surface area contributed by atoms with Crippen molar-refractivity contribution in [1.82, 2.24) is 0 Å². The summed E-state index contributed by atoms with van der Waals surface area (Å²) in [6.45, 7) is 8.75. The van der Waals surface area contributed by atoms with Gasteiger partial charge in [-0.2, -0.15) is 0 Å². The summed E-state index contributed by atoms with van der Waals surface area (Å²) in [5.74, 6) is -3.80. The molecule has 0 aromatic rings. The number of carbonyl (C=O) groups excluding carboxylic acids is 2. The van der Waals surface area contributed by atoms with Crippen LogP contribution in [0.25, 0.3) is 0 Å². The molecule has 0 aliphatic rings. The first-order chi connectivity index (χ1) is 9.15. The lowest BCUT2D eigenvalue weighted by Crippen LogP contribution is -2.22. The number of hydrogen-bond donors (Lipinski definition) is 2. The fourth-order valence-corrected chi connectivity index (χ4v) is 0.546. The van der Waals surface area contributed by atoms with E-state index in [2.05, 4.69) is 22.6 Å². The molecule has 0 saturated heterocycles. The van der Waals surface area contributed by atoms with E-state index in [0.29, 0.717) is 0 Å². The van der Waals surface area contributed by atoms with Crippen molar-refractivity contribution in [2.75, 3.05) is 0 Å². The standard InChI is InChI=1S/2C6H8O4/c2*1-3-5(7)10-4(2)6(8)9/h2*3-4H,1H2,2H3,(H,8,9). The number of aliphatic carboxylic acids is 2. The average molecular weight is 288 g/mol. The fourth-order valence-electron chi connectivity index (χ4n) is 0.546. The Morgan fingerprint density at radius 3 is 1.25 bits per heavy atom.